The minimum atomic E-state index is -0.550. The number of rotatable bonds is 1. The summed E-state index contributed by atoms with van der Waals surface area (Å²) >= 11 is 0. The van der Waals surface area contributed by atoms with Crippen LogP contribution < -0.4 is 11.3 Å². The van der Waals surface area contributed by atoms with E-state index in [-0.39, 0.29) is 11.3 Å². The Balaban J connectivity index is 3.21. The molecule has 3 N–H and O–H groups in total. The summed E-state index contributed by atoms with van der Waals surface area (Å²) in [5.41, 5.74) is 2.28. The number of aryl methyl sites for hydroxylation is 1. The lowest BCUT2D eigenvalue weighted by atomic mass is 10.2. The normalized spacial score (nSPS) is 9.82. The SMILES string of the molecule is Cc1cc(F)c(NN)cc1F. The Morgan fingerprint density at radius 1 is 1.27 bits per heavy atom. The number of hydrogen-bond acceptors (Lipinski definition) is 2. The second-order valence-corrected chi connectivity index (χ2v) is 2.23. The number of nitrogen functional groups attached to an aromatic ring is 1. The fraction of sp³-hybridized carbons (Fsp3) is 0.143. The highest BCUT2D eigenvalue weighted by Gasteiger charge is 2.04. The summed E-state index contributed by atoms with van der Waals surface area (Å²) in [6.07, 6.45) is 0. The van der Waals surface area contributed by atoms with Crippen LogP contribution in [0.2, 0.25) is 0 Å². The van der Waals surface area contributed by atoms with Gasteiger partial charge in [0, 0.05) is 6.07 Å². The zero-order chi connectivity index (χ0) is 8.43. The monoisotopic (exact) mass is 158 g/mol. The third kappa shape index (κ3) is 1.46. The van der Waals surface area contributed by atoms with Crippen molar-refractivity contribution in [2.24, 2.45) is 5.84 Å². The number of hydrogen-bond donors (Lipinski definition) is 2. The van der Waals surface area contributed by atoms with Gasteiger partial charge >= 0.3 is 0 Å². The molecule has 11 heavy (non-hydrogen) atoms. The molecule has 0 bridgehead atoms. The van der Waals surface area contributed by atoms with Crippen molar-refractivity contribution in [3.8, 4) is 0 Å². The van der Waals surface area contributed by atoms with Crippen molar-refractivity contribution >= 4 is 5.69 Å². The molecule has 0 aliphatic heterocycles. The molecule has 0 aliphatic carbocycles. The van der Waals surface area contributed by atoms with Crippen LogP contribution in [0.3, 0.4) is 0 Å². The quantitative estimate of drug-likeness (QED) is 0.480. The Kier molecular flexibility index (Phi) is 2.05. The van der Waals surface area contributed by atoms with Crippen LogP contribution in [-0.4, -0.2) is 0 Å². The summed E-state index contributed by atoms with van der Waals surface area (Å²) < 4.78 is 25.4. The van der Waals surface area contributed by atoms with Crippen molar-refractivity contribution in [3.63, 3.8) is 0 Å². The van der Waals surface area contributed by atoms with Crippen LogP contribution >= 0.6 is 0 Å². The lowest BCUT2D eigenvalue weighted by Crippen LogP contribution is -2.09. The van der Waals surface area contributed by atoms with E-state index in [4.69, 9.17) is 5.84 Å². The van der Waals surface area contributed by atoms with Crippen molar-refractivity contribution in [1.29, 1.82) is 0 Å². The fourth-order valence-electron chi connectivity index (χ4n) is 0.757. The number of nitrogens with two attached hydrogens (primary N) is 1. The molecule has 0 aromatic heterocycles. The maximum atomic E-state index is 12.7. The topological polar surface area (TPSA) is 38.0 Å². The first-order valence-electron chi connectivity index (χ1n) is 3.07. The molecular formula is C7H8F2N2. The van der Waals surface area contributed by atoms with Crippen LogP contribution in [-0.2, 0) is 0 Å². The van der Waals surface area contributed by atoms with E-state index in [2.05, 4.69) is 0 Å². The Bertz CT molecular complexity index is 273. The molecular weight excluding hydrogens is 150 g/mol. The van der Waals surface area contributed by atoms with E-state index in [1.807, 2.05) is 5.43 Å². The highest BCUT2D eigenvalue weighted by Crippen LogP contribution is 2.17. The van der Waals surface area contributed by atoms with Gasteiger partial charge in [-0.25, -0.2) is 8.78 Å². The highest BCUT2D eigenvalue weighted by atomic mass is 19.1. The molecule has 2 nitrogen and oxygen atoms in total. The molecule has 4 heteroatoms. The molecule has 60 valence electrons. The van der Waals surface area contributed by atoms with Crippen LogP contribution in [0.1, 0.15) is 5.56 Å². The van der Waals surface area contributed by atoms with Gasteiger partial charge in [-0.3, -0.25) is 5.84 Å². The zero-order valence-electron chi connectivity index (χ0n) is 5.99. The van der Waals surface area contributed by atoms with E-state index < -0.39 is 11.6 Å². The minimum absolute atomic E-state index is 0.0342. The second-order valence-electron chi connectivity index (χ2n) is 2.23. The highest BCUT2D eigenvalue weighted by molar-refractivity contribution is 5.45. The summed E-state index contributed by atoms with van der Waals surface area (Å²) in [6.45, 7) is 1.48. The molecule has 0 heterocycles. The van der Waals surface area contributed by atoms with Crippen molar-refractivity contribution < 1.29 is 8.78 Å². The molecule has 0 amide bonds. The van der Waals surface area contributed by atoms with E-state index >= 15 is 0 Å². The molecule has 0 radical (unpaired) electrons. The lowest BCUT2D eigenvalue weighted by Gasteiger charge is -2.02. The van der Waals surface area contributed by atoms with E-state index in [1.165, 1.54) is 6.92 Å². The predicted molar refractivity (Wildman–Crippen MR) is 38.9 cm³/mol. The van der Waals surface area contributed by atoms with Gasteiger partial charge in [-0.2, -0.15) is 0 Å². The van der Waals surface area contributed by atoms with Gasteiger partial charge in [0.1, 0.15) is 11.6 Å². The van der Waals surface area contributed by atoms with Crippen LogP contribution in [0.15, 0.2) is 12.1 Å². The van der Waals surface area contributed by atoms with E-state index in [1.54, 1.807) is 0 Å². The summed E-state index contributed by atoms with van der Waals surface area (Å²) in [5, 5.41) is 0. The van der Waals surface area contributed by atoms with Crippen LogP contribution in [0.5, 0.6) is 0 Å². The van der Waals surface area contributed by atoms with Gasteiger partial charge in [-0.15, -0.1) is 0 Å². The average molecular weight is 158 g/mol. The zero-order valence-corrected chi connectivity index (χ0v) is 5.99. The van der Waals surface area contributed by atoms with Gasteiger partial charge in [0.15, 0.2) is 0 Å². The Morgan fingerprint density at radius 2 is 1.91 bits per heavy atom. The number of benzene rings is 1. The molecule has 1 aromatic carbocycles. The molecule has 0 atom stereocenters. The molecule has 0 aliphatic rings. The lowest BCUT2D eigenvalue weighted by molar-refractivity contribution is 0.595. The first-order chi connectivity index (χ1) is 5.15. The van der Waals surface area contributed by atoms with Gasteiger partial charge in [-0.05, 0) is 18.6 Å². The standard InChI is InChI=1S/C7H8F2N2/c1-4-2-6(9)7(11-10)3-5(4)8/h2-3,11H,10H2,1H3. The van der Waals surface area contributed by atoms with Crippen molar-refractivity contribution in [1.82, 2.24) is 0 Å². The predicted octanol–water partition coefficient (Wildman–Crippen LogP) is 1.56. The summed E-state index contributed by atoms with van der Waals surface area (Å²) in [6, 6.07) is 2.11. The molecule has 0 fully saturated rings. The Morgan fingerprint density at radius 3 is 2.45 bits per heavy atom. The van der Waals surface area contributed by atoms with E-state index in [0.717, 1.165) is 12.1 Å². The van der Waals surface area contributed by atoms with E-state index in [0.29, 0.717) is 0 Å². The molecule has 0 unspecified atom stereocenters. The molecule has 1 rings (SSSR count). The number of hydrazine groups is 1. The third-order valence-electron chi connectivity index (χ3n) is 1.40. The largest absolute Gasteiger partial charge is 0.321 e. The van der Waals surface area contributed by atoms with Crippen LogP contribution in [0.25, 0.3) is 0 Å². The first-order valence-corrected chi connectivity index (χ1v) is 3.07. The van der Waals surface area contributed by atoms with Crippen molar-refractivity contribution in [2.45, 2.75) is 6.92 Å². The first kappa shape index (κ1) is 7.94. The van der Waals surface area contributed by atoms with Crippen LogP contribution in [0.4, 0.5) is 14.5 Å². The molecule has 0 saturated carbocycles. The number of halogens is 2. The minimum Gasteiger partial charge on any atom is -0.321 e. The van der Waals surface area contributed by atoms with Crippen LogP contribution in [0, 0.1) is 18.6 Å². The van der Waals surface area contributed by atoms with Gasteiger partial charge in [0.05, 0.1) is 5.69 Å². The number of anilines is 1. The second kappa shape index (κ2) is 2.84. The smallest absolute Gasteiger partial charge is 0.148 e. The van der Waals surface area contributed by atoms with Gasteiger partial charge in [0.2, 0.25) is 0 Å². The van der Waals surface area contributed by atoms with E-state index in [9.17, 15) is 8.78 Å². The molecule has 0 spiro atoms. The van der Waals surface area contributed by atoms with Gasteiger partial charge < -0.3 is 5.43 Å². The fourth-order valence-corrected chi connectivity index (χ4v) is 0.757. The number of nitrogens with one attached hydrogen (secondary N) is 1. The third-order valence-corrected chi connectivity index (χ3v) is 1.40. The Hall–Kier alpha value is -1.16. The van der Waals surface area contributed by atoms with Crippen molar-refractivity contribution in [2.75, 3.05) is 5.43 Å². The maximum absolute atomic E-state index is 12.7. The van der Waals surface area contributed by atoms with Crippen molar-refractivity contribution in [3.05, 3.63) is 29.3 Å². The van der Waals surface area contributed by atoms with Gasteiger partial charge in [-0.1, -0.05) is 0 Å². The summed E-state index contributed by atoms with van der Waals surface area (Å²) in [4.78, 5) is 0. The van der Waals surface area contributed by atoms with Gasteiger partial charge in [0.25, 0.3) is 0 Å². The Labute approximate surface area is 63.0 Å². The maximum Gasteiger partial charge on any atom is 0.148 e. The summed E-state index contributed by atoms with van der Waals surface area (Å²) in [5.74, 6) is 3.89. The summed E-state index contributed by atoms with van der Waals surface area (Å²) in [7, 11) is 0. The molecule has 1 aromatic rings. The molecule has 0 saturated heterocycles. The average Bonchev–Trinajstić information content (AvgIpc) is 1.97.